The molecule has 1 saturated heterocycles. The van der Waals surface area contributed by atoms with Crippen molar-refractivity contribution < 1.29 is 14.3 Å². The van der Waals surface area contributed by atoms with Gasteiger partial charge in [-0.3, -0.25) is 9.59 Å². The van der Waals surface area contributed by atoms with Gasteiger partial charge in [0.25, 0.3) is 11.8 Å². The summed E-state index contributed by atoms with van der Waals surface area (Å²) in [6, 6.07) is 13.3. The molecule has 1 aliphatic rings. The maximum absolute atomic E-state index is 13.1. The van der Waals surface area contributed by atoms with E-state index < -0.39 is 0 Å². The number of rotatable bonds is 4. The van der Waals surface area contributed by atoms with Crippen molar-refractivity contribution in [2.75, 3.05) is 33.3 Å². The summed E-state index contributed by atoms with van der Waals surface area (Å²) >= 11 is 0. The van der Waals surface area contributed by atoms with Crippen molar-refractivity contribution >= 4 is 11.8 Å². The normalized spacial score (nSPS) is 14.5. The number of carbonyl (C=O) groups excluding carboxylic acids is 2. The summed E-state index contributed by atoms with van der Waals surface area (Å²) in [7, 11) is 1.61. The fourth-order valence-corrected chi connectivity index (χ4v) is 3.77. The molecule has 0 spiro atoms. The van der Waals surface area contributed by atoms with Gasteiger partial charge in [0.15, 0.2) is 0 Å². The molecular formula is C23H28N2O3. The minimum absolute atomic E-state index is 0.000317. The Morgan fingerprint density at radius 3 is 2.14 bits per heavy atom. The molecule has 0 aliphatic carbocycles. The van der Waals surface area contributed by atoms with Gasteiger partial charge in [0, 0.05) is 42.9 Å². The molecule has 1 aliphatic heterocycles. The maximum atomic E-state index is 13.1. The van der Waals surface area contributed by atoms with E-state index >= 15 is 0 Å². The fourth-order valence-electron chi connectivity index (χ4n) is 3.77. The molecule has 2 amide bonds. The van der Waals surface area contributed by atoms with Crippen LogP contribution in [-0.4, -0.2) is 54.9 Å². The van der Waals surface area contributed by atoms with E-state index in [0.717, 1.165) is 29.5 Å². The zero-order valence-corrected chi connectivity index (χ0v) is 16.9. The smallest absolute Gasteiger partial charge is 0.254 e. The minimum Gasteiger partial charge on any atom is -0.496 e. The lowest BCUT2D eigenvalue weighted by Gasteiger charge is -2.23. The Hall–Kier alpha value is -2.82. The maximum Gasteiger partial charge on any atom is 0.254 e. The van der Waals surface area contributed by atoms with Crippen molar-refractivity contribution in [2.24, 2.45) is 0 Å². The minimum atomic E-state index is -0.000317. The average Bonchev–Trinajstić information content (AvgIpc) is 2.99. The van der Waals surface area contributed by atoms with E-state index in [1.807, 2.05) is 59.2 Å². The van der Waals surface area contributed by atoms with Gasteiger partial charge in [0.1, 0.15) is 5.75 Å². The van der Waals surface area contributed by atoms with E-state index in [9.17, 15) is 9.59 Å². The standard InChI is InChI=1S/C23H28N2O3/c1-4-18-9-5-6-10-20(18)23(27)25-14-8-13-24(15-16-25)22(26)19-11-7-12-21(28-3)17(19)2/h5-7,9-12H,4,8,13-16H2,1-3H3. The van der Waals surface area contributed by atoms with Crippen LogP contribution in [0.5, 0.6) is 5.75 Å². The first-order valence-corrected chi connectivity index (χ1v) is 9.86. The van der Waals surface area contributed by atoms with Gasteiger partial charge in [-0.15, -0.1) is 0 Å². The molecule has 148 valence electrons. The molecule has 0 radical (unpaired) electrons. The molecule has 0 bridgehead atoms. The first kappa shape index (κ1) is 19.9. The second-order valence-corrected chi connectivity index (χ2v) is 7.08. The first-order chi connectivity index (χ1) is 13.6. The summed E-state index contributed by atoms with van der Waals surface area (Å²) in [6.07, 6.45) is 1.60. The van der Waals surface area contributed by atoms with Gasteiger partial charge in [-0.05, 0) is 43.5 Å². The molecule has 1 fully saturated rings. The lowest BCUT2D eigenvalue weighted by Crippen LogP contribution is -2.37. The van der Waals surface area contributed by atoms with Crippen LogP contribution in [-0.2, 0) is 6.42 Å². The molecular weight excluding hydrogens is 352 g/mol. The van der Waals surface area contributed by atoms with E-state index in [-0.39, 0.29) is 11.8 Å². The Morgan fingerprint density at radius 2 is 1.50 bits per heavy atom. The molecule has 3 rings (SSSR count). The Bertz CT molecular complexity index is 863. The number of aryl methyl sites for hydroxylation is 1. The summed E-state index contributed by atoms with van der Waals surface area (Å²) in [4.78, 5) is 29.8. The average molecular weight is 380 g/mol. The van der Waals surface area contributed by atoms with Crippen LogP contribution in [0.1, 0.15) is 45.2 Å². The van der Waals surface area contributed by atoms with Gasteiger partial charge in [-0.1, -0.05) is 31.2 Å². The lowest BCUT2D eigenvalue weighted by molar-refractivity contribution is 0.0717. The lowest BCUT2D eigenvalue weighted by atomic mass is 10.0. The van der Waals surface area contributed by atoms with Gasteiger partial charge in [-0.2, -0.15) is 0 Å². The SMILES string of the molecule is CCc1ccccc1C(=O)N1CCCN(C(=O)c2cccc(OC)c2C)CC1. The van der Waals surface area contributed by atoms with Gasteiger partial charge >= 0.3 is 0 Å². The first-order valence-electron chi connectivity index (χ1n) is 9.86. The Kier molecular flexibility index (Phi) is 6.34. The van der Waals surface area contributed by atoms with Crippen molar-refractivity contribution in [1.29, 1.82) is 0 Å². The molecule has 0 unspecified atom stereocenters. The molecule has 0 atom stereocenters. The highest BCUT2D eigenvalue weighted by Gasteiger charge is 2.25. The monoisotopic (exact) mass is 380 g/mol. The highest BCUT2D eigenvalue weighted by Crippen LogP contribution is 2.23. The van der Waals surface area contributed by atoms with Crippen LogP contribution >= 0.6 is 0 Å². The number of hydrogen-bond donors (Lipinski definition) is 0. The number of nitrogens with zero attached hydrogens (tertiary/aromatic N) is 2. The van der Waals surface area contributed by atoms with E-state index in [1.54, 1.807) is 7.11 Å². The predicted molar refractivity (Wildman–Crippen MR) is 110 cm³/mol. The Labute approximate surface area is 166 Å². The predicted octanol–water partition coefficient (Wildman–Crippen LogP) is 3.55. The molecule has 2 aromatic rings. The summed E-state index contributed by atoms with van der Waals surface area (Å²) in [5.74, 6) is 0.776. The van der Waals surface area contributed by atoms with E-state index in [1.165, 1.54) is 0 Å². The zero-order chi connectivity index (χ0) is 20.1. The summed E-state index contributed by atoms with van der Waals surface area (Å²) in [5.41, 5.74) is 3.35. The third-order valence-electron chi connectivity index (χ3n) is 5.43. The van der Waals surface area contributed by atoms with Crippen LogP contribution in [0.25, 0.3) is 0 Å². The van der Waals surface area contributed by atoms with Gasteiger partial charge in [-0.25, -0.2) is 0 Å². The molecule has 0 saturated carbocycles. The Morgan fingerprint density at radius 1 is 0.893 bits per heavy atom. The van der Waals surface area contributed by atoms with Crippen molar-refractivity contribution in [3.63, 3.8) is 0 Å². The van der Waals surface area contributed by atoms with E-state index in [2.05, 4.69) is 6.92 Å². The number of carbonyl (C=O) groups is 2. The molecule has 0 N–H and O–H groups in total. The number of benzene rings is 2. The van der Waals surface area contributed by atoms with Crippen molar-refractivity contribution in [3.05, 3.63) is 64.7 Å². The third kappa shape index (κ3) is 4.03. The summed E-state index contributed by atoms with van der Waals surface area (Å²) in [6.45, 7) is 6.36. The quantitative estimate of drug-likeness (QED) is 0.815. The highest BCUT2D eigenvalue weighted by atomic mass is 16.5. The molecule has 5 heteroatoms. The highest BCUT2D eigenvalue weighted by molar-refractivity contribution is 5.97. The summed E-state index contributed by atoms with van der Waals surface area (Å²) < 4.78 is 5.34. The van der Waals surface area contributed by atoms with Gasteiger partial charge in [0.2, 0.25) is 0 Å². The van der Waals surface area contributed by atoms with Crippen LogP contribution in [0.15, 0.2) is 42.5 Å². The van der Waals surface area contributed by atoms with E-state index in [4.69, 9.17) is 4.74 Å². The number of ether oxygens (including phenoxy) is 1. The number of amides is 2. The van der Waals surface area contributed by atoms with Crippen molar-refractivity contribution in [1.82, 2.24) is 9.80 Å². The van der Waals surface area contributed by atoms with Crippen molar-refractivity contribution in [2.45, 2.75) is 26.7 Å². The zero-order valence-electron chi connectivity index (χ0n) is 16.9. The largest absolute Gasteiger partial charge is 0.496 e. The number of hydrogen-bond acceptors (Lipinski definition) is 3. The van der Waals surface area contributed by atoms with Gasteiger partial charge in [0.05, 0.1) is 7.11 Å². The second-order valence-electron chi connectivity index (χ2n) is 7.08. The molecule has 5 nitrogen and oxygen atoms in total. The van der Waals surface area contributed by atoms with Gasteiger partial charge < -0.3 is 14.5 Å². The fraction of sp³-hybridized carbons (Fsp3) is 0.391. The third-order valence-corrected chi connectivity index (χ3v) is 5.43. The van der Waals surface area contributed by atoms with Crippen molar-refractivity contribution in [3.8, 4) is 5.75 Å². The van der Waals surface area contributed by atoms with Crippen LogP contribution in [0.3, 0.4) is 0 Å². The van der Waals surface area contributed by atoms with Crippen LogP contribution < -0.4 is 4.74 Å². The van der Waals surface area contributed by atoms with Crippen LogP contribution in [0, 0.1) is 6.92 Å². The Balaban J connectivity index is 1.73. The topological polar surface area (TPSA) is 49.9 Å². The van der Waals surface area contributed by atoms with Crippen LogP contribution in [0.2, 0.25) is 0 Å². The molecule has 1 heterocycles. The number of methoxy groups -OCH3 is 1. The molecule has 2 aromatic carbocycles. The second kappa shape index (κ2) is 8.91. The van der Waals surface area contributed by atoms with Crippen LogP contribution in [0.4, 0.5) is 0 Å². The van der Waals surface area contributed by atoms with E-state index in [0.29, 0.717) is 37.5 Å². The molecule has 28 heavy (non-hydrogen) atoms. The molecule has 0 aromatic heterocycles. The summed E-state index contributed by atoms with van der Waals surface area (Å²) in [5, 5.41) is 0.